The highest BCUT2D eigenvalue weighted by molar-refractivity contribution is 7.90. The fourth-order valence-electron chi connectivity index (χ4n) is 3.33. The van der Waals surface area contributed by atoms with Crippen molar-refractivity contribution in [3.8, 4) is 5.69 Å². The topological polar surface area (TPSA) is 89.8 Å². The maximum absolute atomic E-state index is 11.9. The first kappa shape index (κ1) is 19.1. The standard InChI is InChI=1S/C21H21N5O2S/c1-14-19(15(2)26(25-14)16-7-5-4-6-8-16)12-22-21-18-11-17(29(3,27)28)9-10-20(18)23-13-24-21/h4-11,13H,12H2,1-3H3,(H,22,23,24). The molecule has 2 heterocycles. The van der Waals surface area contributed by atoms with Crippen molar-refractivity contribution in [3.05, 3.63) is 71.8 Å². The lowest BCUT2D eigenvalue weighted by Gasteiger charge is -2.10. The molecule has 0 fully saturated rings. The Hall–Kier alpha value is -3.26. The van der Waals surface area contributed by atoms with Gasteiger partial charge in [0.1, 0.15) is 12.1 Å². The molecule has 0 aliphatic rings. The van der Waals surface area contributed by atoms with E-state index >= 15 is 0 Å². The van der Waals surface area contributed by atoms with Crippen molar-refractivity contribution in [3.63, 3.8) is 0 Å². The van der Waals surface area contributed by atoms with Crippen molar-refractivity contribution in [2.24, 2.45) is 0 Å². The number of nitrogens with one attached hydrogen (secondary N) is 1. The van der Waals surface area contributed by atoms with Crippen molar-refractivity contribution in [1.82, 2.24) is 19.7 Å². The number of aryl methyl sites for hydroxylation is 1. The van der Waals surface area contributed by atoms with Gasteiger partial charge in [-0.2, -0.15) is 5.10 Å². The third-order valence-corrected chi connectivity index (χ3v) is 6.02. The summed E-state index contributed by atoms with van der Waals surface area (Å²) in [6.07, 6.45) is 2.66. The van der Waals surface area contributed by atoms with Gasteiger partial charge in [-0.15, -0.1) is 0 Å². The normalized spacial score (nSPS) is 11.7. The number of nitrogens with zero attached hydrogens (tertiary/aromatic N) is 4. The minimum absolute atomic E-state index is 0.243. The largest absolute Gasteiger partial charge is 0.365 e. The molecule has 0 atom stereocenters. The van der Waals surface area contributed by atoms with Gasteiger partial charge < -0.3 is 5.32 Å². The van der Waals surface area contributed by atoms with Crippen LogP contribution in [0.5, 0.6) is 0 Å². The zero-order valence-corrected chi connectivity index (χ0v) is 17.2. The Morgan fingerprint density at radius 1 is 1.03 bits per heavy atom. The summed E-state index contributed by atoms with van der Waals surface area (Å²) in [5.74, 6) is 0.590. The predicted octanol–water partition coefficient (Wildman–Crippen LogP) is 3.45. The van der Waals surface area contributed by atoms with Crippen LogP contribution in [-0.4, -0.2) is 34.4 Å². The highest BCUT2D eigenvalue weighted by Gasteiger charge is 2.15. The van der Waals surface area contributed by atoms with Crippen LogP contribution in [0.2, 0.25) is 0 Å². The van der Waals surface area contributed by atoms with E-state index < -0.39 is 9.84 Å². The number of rotatable bonds is 5. The van der Waals surface area contributed by atoms with Gasteiger partial charge in [-0.1, -0.05) is 18.2 Å². The number of anilines is 1. The third kappa shape index (κ3) is 3.71. The molecule has 2 aromatic heterocycles. The molecule has 0 bridgehead atoms. The van der Waals surface area contributed by atoms with E-state index in [1.807, 2.05) is 48.9 Å². The van der Waals surface area contributed by atoms with Gasteiger partial charge in [0.2, 0.25) is 0 Å². The molecule has 0 saturated heterocycles. The van der Waals surface area contributed by atoms with Crippen LogP contribution in [0.15, 0.2) is 59.8 Å². The summed E-state index contributed by atoms with van der Waals surface area (Å²) < 4.78 is 25.8. The zero-order chi connectivity index (χ0) is 20.6. The Balaban J connectivity index is 1.68. The molecule has 29 heavy (non-hydrogen) atoms. The van der Waals surface area contributed by atoms with Crippen LogP contribution in [0.25, 0.3) is 16.6 Å². The maximum atomic E-state index is 11.9. The number of hydrogen-bond donors (Lipinski definition) is 1. The van der Waals surface area contributed by atoms with Crippen LogP contribution < -0.4 is 5.32 Å². The third-order valence-electron chi connectivity index (χ3n) is 4.91. The quantitative estimate of drug-likeness (QED) is 0.545. The van der Waals surface area contributed by atoms with Gasteiger partial charge in [0.05, 0.1) is 21.8 Å². The van der Waals surface area contributed by atoms with Crippen LogP contribution in [0.1, 0.15) is 17.0 Å². The average Bonchev–Trinajstić information content (AvgIpc) is 2.99. The van der Waals surface area contributed by atoms with E-state index in [0.29, 0.717) is 23.3 Å². The number of hydrogen-bond acceptors (Lipinski definition) is 6. The second-order valence-corrected chi connectivity index (χ2v) is 8.94. The minimum Gasteiger partial charge on any atom is -0.365 e. The molecule has 2 aromatic carbocycles. The number of aromatic nitrogens is 4. The molecule has 8 heteroatoms. The summed E-state index contributed by atoms with van der Waals surface area (Å²) in [7, 11) is -3.32. The Morgan fingerprint density at radius 2 is 1.79 bits per heavy atom. The number of sulfone groups is 1. The first-order valence-electron chi connectivity index (χ1n) is 9.14. The fourth-order valence-corrected chi connectivity index (χ4v) is 3.98. The lowest BCUT2D eigenvalue weighted by atomic mass is 10.2. The second-order valence-electron chi connectivity index (χ2n) is 6.92. The second kappa shape index (κ2) is 7.29. The average molecular weight is 407 g/mol. The Morgan fingerprint density at radius 3 is 2.52 bits per heavy atom. The van der Waals surface area contributed by atoms with Crippen LogP contribution in [0, 0.1) is 13.8 Å². The lowest BCUT2D eigenvalue weighted by molar-refractivity contribution is 0.602. The molecule has 0 radical (unpaired) electrons. The molecular formula is C21H21N5O2S. The Bertz CT molecular complexity index is 1300. The van der Waals surface area contributed by atoms with Crippen molar-refractivity contribution in [2.45, 2.75) is 25.3 Å². The molecule has 0 amide bonds. The zero-order valence-electron chi connectivity index (χ0n) is 16.4. The summed E-state index contributed by atoms with van der Waals surface area (Å²) in [6.45, 7) is 4.52. The van der Waals surface area contributed by atoms with E-state index in [0.717, 1.165) is 22.6 Å². The van der Waals surface area contributed by atoms with E-state index in [9.17, 15) is 8.42 Å². The van der Waals surface area contributed by atoms with Gasteiger partial charge >= 0.3 is 0 Å². The van der Waals surface area contributed by atoms with E-state index in [1.165, 1.54) is 12.6 Å². The molecule has 0 aliphatic carbocycles. The van der Waals surface area contributed by atoms with E-state index in [4.69, 9.17) is 0 Å². The summed E-state index contributed by atoms with van der Waals surface area (Å²) in [4.78, 5) is 8.80. The maximum Gasteiger partial charge on any atom is 0.175 e. The molecule has 4 rings (SSSR count). The molecule has 0 aliphatic heterocycles. The summed E-state index contributed by atoms with van der Waals surface area (Å²) in [6, 6.07) is 14.8. The van der Waals surface area contributed by atoms with Crippen molar-refractivity contribution < 1.29 is 8.42 Å². The molecule has 0 unspecified atom stereocenters. The lowest BCUT2D eigenvalue weighted by Crippen LogP contribution is -2.06. The number of para-hydroxylation sites is 1. The van der Waals surface area contributed by atoms with Crippen LogP contribution in [-0.2, 0) is 16.4 Å². The highest BCUT2D eigenvalue weighted by atomic mass is 32.2. The van der Waals surface area contributed by atoms with Crippen molar-refractivity contribution in [1.29, 1.82) is 0 Å². The number of fused-ring (bicyclic) bond motifs is 1. The van der Waals surface area contributed by atoms with E-state index in [-0.39, 0.29) is 4.90 Å². The summed E-state index contributed by atoms with van der Waals surface area (Å²) in [5, 5.41) is 8.66. The van der Waals surface area contributed by atoms with Gasteiger partial charge in [0.15, 0.2) is 9.84 Å². The van der Waals surface area contributed by atoms with Gasteiger partial charge in [-0.3, -0.25) is 0 Å². The SMILES string of the molecule is Cc1nn(-c2ccccc2)c(C)c1CNc1ncnc2ccc(S(C)(=O)=O)cc12. The summed E-state index contributed by atoms with van der Waals surface area (Å²) >= 11 is 0. The minimum atomic E-state index is -3.32. The van der Waals surface area contributed by atoms with Crippen LogP contribution in [0.4, 0.5) is 5.82 Å². The Labute approximate surface area is 169 Å². The van der Waals surface area contributed by atoms with E-state index in [2.05, 4.69) is 20.4 Å². The molecule has 1 N–H and O–H groups in total. The molecule has 148 valence electrons. The monoisotopic (exact) mass is 407 g/mol. The first-order chi connectivity index (χ1) is 13.8. The van der Waals surface area contributed by atoms with Gasteiger partial charge in [0.25, 0.3) is 0 Å². The molecule has 0 saturated carbocycles. The van der Waals surface area contributed by atoms with Gasteiger partial charge in [-0.05, 0) is 44.2 Å². The van der Waals surface area contributed by atoms with Gasteiger partial charge in [-0.25, -0.2) is 23.1 Å². The highest BCUT2D eigenvalue weighted by Crippen LogP contribution is 2.25. The Kier molecular flexibility index (Phi) is 4.79. The fraction of sp³-hybridized carbons (Fsp3) is 0.190. The van der Waals surface area contributed by atoms with Gasteiger partial charge in [0, 0.05) is 29.4 Å². The summed E-state index contributed by atoms with van der Waals surface area (Å²) in [5.41, 5.74) is 4.72. The van der Waals surface area contributed by atoms with Crippen LogP contribution >= 0.6 is 0 Å². The molecule has 7 nitrogen and oxygen atoms in total. The molecule has 4 aromatic rings. The van der Waals surface area contributed by atoms with Crippen molar-refractivity contribution >= 4 is 26.6 Å². The molecular weight excluding hydrogens is 386 g/mol. The predicted molar refractivity (Wildman–Crippen MR) is 113 cm³/mol. The van der Waals surface area contributed by atoms with Crippen molar-refractivity contribution in [2.75, 3.05) is 11.6 Å². The smallest absolute Gasteiger partial charge is 0.175 e. The van der Waals surface area contributed by atoms with E-state index in [1.54, 1.807) is 18.2 Å². The van der Waals surface area contributed by atoms with Crippen LogP contribution in [0.3, 0.4) is 0 Å². The number of benzene rings is 2. The molecule has 0 spiro atoms. The first-order valence-corrected chi connectivity index (χ1v) is 11.0.